The molecule has 18 heavy (non-hydrogen) atoms. The molecule has 0 aromatic carbocycles. The molecular formula is C17H33N. The summed E-state index contributed by atoms with van der Waals surface area (Å²) in [4.78, 5) is 0. The Hall–Kier alpha value is -0.0400. The Balaban J connectivity index is 1.97. The largest absolute Gasteiger partial charge is 0.314 e. The molecule has 1 heteroatoms. The van der Waals surface area contributed by atoms with Gasteiger partial charge in [-0.25, -0.2) is 0 Å². The summed E-state index contributed by atoms with van der Waals surface area (Å²) >= 11 is 0. The second-order valence-electron chi connectivity index (χ2n) is 7.30. The van der Waals surface area contributed by atoms with Crippen LogP contribution in [0.4, 0.5) is 0 Å². The normalized spacial score (nSPS) is 24.7. The summed E-state index contributed by atoms with van der Waals surface area (Å²) in [5.74, 6) is 1.94. The summed E-state index contributed by atoms with van der Waals surface area (Å²) in [7, 11) is 0. The molecule has 0 spiro atoms. The van der Waals surface area contributed by atoms with Crippen molar-refractivity contribution in [2.24, 2.45) is 17.3 Å². The van der Waals surface area contributed by atoms with Crippen molar-refractivity contribution in [1.82, 2.24) is 5.32 Å². The fourth-order valence-corrected chi connectivity index (χ4v) is 4.27. The van der Waals surface area contributed by atoms with Gasteiger partial charge in [0.15, 0.2) is 0 Å². The third-order valence-corrected chi connectivity index (χ3v) is 5.16. The van der Waals surface area contributed by atoms with Gasteiger partial charge in [-0.3, -0.25) is 0 Å². The molecule has 2 aliphatic rings. The number of nitrogens with one attached hydrogen (secondary N) is 1. The van der Waals surface area contributed by atoms with Gasteiger partial charge in [0, 0.05) is 6.04 Å². The van der Waals surface area contributed by atoms with Crippen LogP contribution in [0, 0.1) is 17.3 Å². The molecule has 0 aliphatic heterocycles. The number of hydrogen-bond donors (Lipinski definition) is 1. The maximum Gasteiger partial charge on any atom is 0.0124 e. The van der Waals surface area contributed by atoms with Gasteiger partial charge in [-0.15, -0.1) is 0 Å². The van der Waals surface area contributed by atoms with Gasteiger partial charge in [-0.05, 0) is 55.9 Å². The van der Waals surface area contributed by atoms with E-state index in [1.807, 2.05) is 0 Å². The predicted octanol–water partition coefficient (Wildman–Crippen LogP) is 4.76. The van der Waals surface area contributed by atoms with E-state index in [1.165, 1.54) is 57.8 Å². The van der Waals surface area contributed by atoms with E-state index in [-0.39, 0.29) is 0 Å². The second-order valence-corrected chi connectivity index (χ2v) is 7.30. The Kier molecular flexibility index (Phi) is 5.12. The third-order valence-electron chi connectivity index (χ3n) is 5.16. The van der Waals surface area contributed by atoms with Gasteiger partial charge in [0.1, 0.15) is 0 Å². The fourth-order valence-electron chi connectivity index (χ4n) is 4.27. The molecule has 2 fully saturated rings. The Morgan fingerprint density at radius 2 is 1.83 bits per heavy atom. The molecule has 0 amide bonds. The first-order chi connectivity index (χ1) is 8.66. The van der Waals surface area contributed by atoms with Crippen molar-refractivity contribution in [2.75, 3.05) is 6.54 Å². The van der Waals surface area contributed by atoms with Crippen LogP contribution in [0.3, 0.4) is 0 Å². The van der Waals surface area contributed by atoms with Crippen LogP contribution in [-0.4, -0.2) is 12.6 Å². The van der Waals surface area contributed by atoms with Crippen LogP contribution >= 0.6 is 0 Å². The Morgan fingerprint density at radius 1 is 1.17 bits per heavy atom. The van der Waals surface area contributed by atoms with Gasteiger partial charge in [0.05, 0.1) is 0 Å². The van der Waals surface area contributed by atoms with E-state index in [0.29, 0.717) is 5.41 Å². The topological polar surface area (TPSA) is 12.0 Å². The molecule has 1 nitrogen and oxygen atoms in total. The minimum atomic E-state index is 0.638. The molecule has 0 aromatic rings. The van der Waals surface area contributed by atoms with Gasteiger partial charge < -0.3 is 5.32 Å². The van der Waals surface area contributed by atoms with E-state index in [0.717, 1.165) is 24.4 Å². The zero-order valence-electron chi connectivity index (χ0n) is 12.8. The van der Waals surface area contributed by atoms with Crippen LogP contribution in [-0.2, 0) is 0 Å². The van der Waals surface area contributed by atoms with Crippen LogP contribution in [0.5, 0.6) is 0 Å². The number of hydrogen-bond acceptors (Lipinski definition) is 1. The first-order valence-corrected chi connectivity index (χ1v) is 8.39. The molecule has 106 valence electrons. The summed E-state index contributed by atoms with van der Waals surface area (Å²) in [5.41, 5.74) is 0.638. The summed E-state index contributed by atoms with van der Waals surface area (Å²) < 4.78 is 0. The number of rotatable bonds is 8. The van der Waals surface area contributed by atoms with Crippen LogP contribution in [0.1, 0.15) is 78.6 Å². The van der Waals surface area contributed by atoms with Crippen molar-refractivity contribution < 1.29 is 0 Å². The molecule has 1 atom stereocenters. The highest BCUT2D eigenvalue weighted by molar-refractivity contribution is 4.96. The van der Waals surface area contributed by atoms with E-state index >= 15 is 0 Å². The SMILES string of the molecule is CCNC(CCC1CC1)C1(CC(C)C)CCCC1. The average Bonchev–Trinajstić information content (AvgIpc) is 3.03. The first kappa shape index (κ1) is 14.4. The van der Waals surface area contributed by atoms with E-state index in [4.69, 9.17) is 0 Å². The summed E-state index contributed by atoms with van der Waals surface area (Å²) in [6.45, 7) is 8.24. The van der Waals surface area contributed by atoms with Crippen LogP contribution in [0.25, 0.3) is 0 Å². The molecule has 2 saturated carbocycles. The summed E-state index contributed by atoms with van der Waals surface area (Å²) in [6, 6.07) is 0.799. The molecule has 0 radical (unpaired) electrons. The lowest BCUT2D eigenvalue weighted by Crippen LogP contribution is -2.44. The van der Waals surface area contributed by atoms with Gasteiger partial charge in [-0.2, -0.15) is 0 Å². The van der Waals surface area contributed by atoms with E-state index < -0.39 is 0 Å². The fraction of sp³-hybridized carbons (Fsp3) is 1.00. The average molecular weight is 251 g/mol. The maximum atomic E-state index is 3.85. The van der Waals surface area contributed by atoms with E-state index in [2.05, 4.69) is 26.1 Å². The molecule has 1 N–H and O–H groups in total. The van der Waals surface area contributed by atoms with Crippen molar-refractivity contribution in [3.8, 4) is 0 Å². The van der Waals surface area contributed by atoms with Crippen molar-refractivity contribution in [3.63, 3.8) is 0 Å². The maximum absolute atomic E-state index is 3.85. The minimum absolute atomic E-state index is 0.638. The van der Waals surface area contributed by atoms with Gasteiger partial charge in [0.2, 0.25) is 0 Å². The zero-order chi connectivity index (χ0) is 13.0. The third kappa shape index (κ3) is 3.73. The smallest absolute Gasteiger partial charge is 0.0124 e. The lowest BCUT2D eigenvalue weighted by Gasteiger charge is -2.40. The second kappa shape index (κ2) is 6.41. The van der Waals surface area contributed by atoms with E-state index in [9.17, 15) is 0 Å². The molecule has 1 unspecified atom stereocenters. The lowest BCUT2D eigenvalue weighted by molar-refractivity contribution is 0.146. The highest BCUT2D eigenvalue weighted by Gasteiger charge is 2.41. The van der Waals surface area contributed by atoms with Crippen LogP contribution < -0.4 is 5.32 Å². The molecule has 2 aliphatic carbocycles. The highest BCUT2D eigenvalue weighted by atomic mass is 14.9. The van der Waals surface area contributed by atoms with Crippen molar-refractivity contribution in [1.29, 1.82) is 0 Å². The molecule has 0 saturated heterocycles. The van der Waals surface area contributed by atoms with Crippen molar-refractivity contribution in [3.05, 3.63) is 0 Å². The van der Waals surface area contributed by atoms with Crippen molar-refractivity contribution >= 4 is 0 Å². The Bertz CT molecular complexity index is 236. The minimum Gasteiger partial charge on any atom is -0.314 e. The van der Waals surface area contributed by atoms with Gasteiger partial charge in [-0.1, -0.05) is 46.5 Å². The van der Waals surface area contributed by atoms with E-state index in [1.54, 1.807) is 0 Å². The molecular weight excluding hydrogens is 218 g/mol. The van der Waals surface area contributed by atoms with Gasteiger partial charge in [0.25, 0.3) is 0 Å². The summed E-state index contributed by atoms with van der Waals surface area (Å²) in [5, 5.41) is 3.85. The Morgan fingerprint density at radius 3 is 2.33 bits per heavy atom. The highest BCUT2D eigenvalue weighted by Crippen LogP contribution is 2.48. The molecule has 0 heterocycles. The van der Waals surface area contributed by atoms with Crippen LogP contribution in [0.15, 0.2) is 0 Å². The zero-order valence-corrected chi connectivity index (χ0v) is 12.8. The monoisotopic (exact) mass is 251 g/mol. The van der Waals surface area contributed by atoms with Crippen LogP contribution in [0.2, 0.25) is 0 Å². The predicted molar refractivity (Wildman–Crippen MR) is 79.8 cm³/mol. The summed E-state index contributed by atoms with van der Waals surface area (Å²) in [6.07, 6.45) is 13.3. The molecule has 2 rings (SSSR count). The molecule has 0 bridgehead atoms. The molecule has 0 aromatic heterocycles. The lowest BCUT2D eigenvalue weighted by atomic mass is 9.71. The standard InChI is InChI=1S/C17H33N/c1-4-18-16(10-9-15-7-8-15)17(13-14(2)3)11-5-6-12-17/h14-16,18H,4-13H2,1-3H3. The Labute approximate surface area is 114 Å². The first-order valence-electron chi connectivity index (χ1n) is 8.39. The van der Waals surface area contributed by atoms with Crippen molar-refractivity contribution in [2.45, 2.75) is 84.6 Å². The quantitative estimate of drug-likeness (QED) is 0.656. The van der Waals surface area contributed by atoms with Gasteiger partial charge >= 0.3 is 0 Å².